The Labute approximate surface area is 57.0 Å². The number of allylic oxidation sites excluding steroid dienone is 1. The number of nitriles is 1. The van der Waals surface area contributed by atoms with Crippen LogP contribution in [0.5, 0.6) is 0 Å². The summed E-state index contributed by atoms with van der Waals surface area (Å²) in [6.45, 7) is 5.67. The fourth-order valence-corrected chi connectivity index (χ4v) is 0.785. The van der Waals surface area contributed by atoms with E-state index < -0.39 is 0 Å². The molecule has 9 heavy (non-hydrogen) atoms. The molecule has 0 aliphatic rings. The van der Waals surface area contributed by atoms with E-state index in [4.69, 9.17) is 5.26 Å². The zero-order valence-corrected chi connectivity index (χ0v) is 5.93. The van der Waals surface area contributed by atoms with Gasteiger partial charge in [0, 0.05) is 5.92 Å². The van der Waals surface area contributed by atoms with Gasteiger partial charge < -0.3 is 0 Å². The van der Waals surface area contributed by atoms with Crippen LogP contribution in [0.15, 0.2) is 12.7 Å². The minimum absolute atomic E-state index is 0.201. The van der Waals surface area contributed by atoms with E-state index in [1.807, 2.05) is 6.08 Å². The normalized spacial score (nSPS) is 12.0. The van der Waals surface area contributed by atoms with Crippen molar-refractivity contribution in [2.75, 3.05) is 0 Å². The Morgan fingerprint density at radius 1 is 1.78 bits per heavy atom. The van der Waals surface area contributed by atoms with Gasteiger partial charge in [0.15, 0.2) is 0 Å². The SMILES string of the molecule is C=CC[C@@H](C#N)CCC. The molecule has 0 radical (unpaired) electrons. The Morgan fingerprint density at radius 3 is 2.78 bits per heavy atom. The monoisotopic (exact) mass is 123 g/mol. The second-order valence-corrected chi connectivity index (χ2v) is 2.14. The lowest BCUT2D eigenvalue weighted by molar-refractivity contribution is 0.601. The molecule has 0 aliphatic heterocycles. The quantitative estimate of drug-likeness (QED) is 0.527. The van der Waals surface area contributed by atoms with E-state index in [1.165, 1.54) is 0 Å². The predicted octanol–water partition coefficient (Wildman–Crippen LogP) is 2.50. The summed E-state index contributed by atoms with van der Waals surface area (Å²) < 4.78 is 0. The lowest BCUT2D eigenvalue weighted by Gasteiger charge is -2.00. The van der Waals surface area contributed by atoms with Crippen LogP contribution in [-0.2, 0) is 0 Å². The summed E-state index contributed by atoms with van der Waals surface area (Å²) in [5.74, 6) is 0.201. The number of hydrogen-bond donors (Lipinski definition) is 0. The minimum Gasteiger partial charge on any atom is -0.198 e. The molecule has 1 atom stereocenters. The maximum absolute atomic E-state index is 8.49. The first-order chi connectivity index (χ1) is 4.35. The predicted molar refractivity (Wildman–Crippen MR) is 38.8 cm³/mol. The van der Waals surface area contributed by atoms with Gasteiger partial charge in [-0.25, -0.2) is 0 Å². The Kier molecular flexibility index (Phi) is 4.91. The second-order valence-electron chi connectivity index (χ2n) is 2.14. The highest BCUT2D eigenvalue weighted by Crippen LogP contribution is 2.08. The van der Waals surface area contributed by atoms with Gasteiger partial charge in [0.25, 0.3) is 0 Å². The summed E-state index contributed by atoms with van der Waals surface area (Å²) in [5, 5.41) is 8.49. The molecule has 0 unspecified atom stereocenters. The standard InChI is InChI=1S/C8H13N/c1-3-5-8(7-9)6-4-2/h3,8H,1,4-6H2,2H3/t8-/m1/s1. The highest BCUT2D eigenvalue weighted by Gasteiger charge is 2.00. The van der Waals surface area contributed by atoms with E-state index >= 15 is 0 Å². The third-order valence-electron chi connectivity index (χ3n) is 1.27. The number of rotatable bonds is 4. The van der Waals surface area contributed by atoms with Gasteiger partial charge in [-0.3, -0.25) is 0 Å². The summed E-state index contributed by atoms with van der Waals surface area (Å²) in [7, 11) is 0. The Bertz CT molecular complexity index is 110. The zero-order valence-electron chi connectivity index (χ0n) is 5.93. The van der Waals surface area contributed by atoms with Crippen LogP contribution in [0.1, 0.15) is 26.2 Å². The zero-order chi connectivity index (χ0) is 7.11. The minimum atomic E-state index is 0.201. The highest BCUT2D eigenvalue weighted by atomic mass is 14.3. The van der Waals surface area contributed by atoms with E-state index in [-0.39, 0.29) is 5.92 Å². The van der Waals surface area contributed by atoms with E-state index in [0.29, 0.717) is 0 Å². The van der Waals surface area contributed by atoms with Crippen LogP contribution in [0.3, 0.4) is 0 Å². The van der Waals surface area contributed by atoms with Crippen LogP contribution in [0.2, 0.25) is 0 Å². The van der Waals surface area contributed by atoms with Gasteiger partial charge in [-0.1, -0.05) is 19.4 Å². The lowest BCUT2D eigenvalue weighted by Crippen LogP contribution is -1.92. The van der Waals surface area contributed by atoms with Crippen LogP contribution >= 0.6 is 0 Å². The molecule has 0 heterocycles. The van der Waals surface area contributed by atoms with Crippen molar-refractivity contribution in [1.29, 1.82) is 5.26 Å². The fraction of sp³-hybridized carbons (Fsp3) is 0.625. The smallest absolute Gasteiger partial charge is 0.0659 e. The fourth-order valence-electron chi connectivity index (χ4n) is 0.785. The van der Waals surface area contributed by atoms with E-state index in [2.05, 4.69) is 19.6 Å². The Balaban J connectivity index is 3.44. The first-order valence-corrected chi connectivity index (χ1v) is 3.35. The van der Waals surface area contributed by atoms with E-state index in [9.17, 15) is 0 Å². The van der Waals surface area contributed by atoms with Crippen molar-refractivity contribution < 1.29 is 0 Å². The van der Waals surface area contributed by atoms with Crippen molar-refractivity contribution in [3.63, 3.8) is 0 Å². The van der Waals surface area contributed by atoms with Gasteiger partial charge in [0.05, 0.1) is 6.07 Å². The Morgan fingerprint density at radius 2 is 2.44 bits per heavy atom. The summed E-state index contributed by atoms with van der Waals surface area (Å²) in [4.78, 5) is 0. The van der Waals surface area contributed by atoms with E-state index in [1.54, 1.807) is 0 Å². The van der Waals surface area contributed by atoms with Crippen LogP contribution < -0.4 is 0 Å². The molecule has 1 heteroatoms. The molecule has 0 spiro atoms. The van der Waals surface area contributed by atoms with Crippen LogP contribution in [0.4, 0.5) is 0 Å². The molecular weight excluding hydrogens is 110 g/mol. The maximum Gasteiger partial charge on any atom is 0.0659 e. The molecule has 0 fully saturated rings. The topological polar surface area (TPSA) is 23.8 Å². The van der Waals surface area contributed by atoms with Gasteiger partial charge in [-0.15, -0.1) is 6.58 Å². The van der Waals surface area contributed by atoms with Crippen molar-refractivity contribution in [3.8, 4) is 6.07 Å². The molecule has 0 aromatic rings. The molecule has 0 N–H and O–H groups in total. The summed E-state index contributed by atoms with van der Waals surface area (Å²) in [6, 6.07) is 2.23. The average Bonchev–Trinajstić information content (AvgIpc) is 1.88. The lowest BCUT2D eigenvalue weighted by atomic mass is 10.0. The molecule has 0 aromatic carbocycles. The molecule has 50 valence electrons. The molecule has 1 nitrogen and oxygen atoms in total. The molecule has 0 amide bonds. The van der Waals surface area contributed by atoms with Crippen molar-refractivity contribution in [2.45, 2.75) is 26.2 Å². The van der Waals surface area contributed by atoms with Crippen molar-refractivity contribution in [2.24, 2.45) is 5.92 Å². The number of nitrogens with zero attached hydrogens (tertiary/aromatic N) is 1. The largest absolute Gasteiger partial charge is 0.198 e. The highest BCUT2D eigenvalue weighted by molar-refractivity contribution is 4.87. The number of hydrogen-bond acceptors (Lipinski definition) is 1. The molecule has 0 aromatic heterocycles. The van der Waals surface area contributed by atoms with Crippen LogP contribution in [-0.4, -0.2) is 0 Å². The molecular formula is C8H13N. The van der Waals surface area contributed by atoms with Gasteiger partial charge in [0.1, 0.15) is 0 Å². The maximum atomic E-state index is 8.49. The van der Waals surface area contributed by atoms with Crippen LogP contribution in [0.25, 0.3) is 0 Å². The van der Waals surface area contributed by atoms with Gasteiger partial charge >= 0.3 is 0 Å². The van der Waals surface area contributed by atoms with Crippen molar-refractivity contribution in [1.82, 2.24) is 0 Å². The van der Waals surface area contributed by atoms with Gasteiger partial charge in [-0.2, -0.15) is 5.26 Å². The van der Waals surface area contributed by atoms with Crippen LogP contribution in [0, 0.1) is 17.2 Å². The first kappa shape index (κ1) is 8.23. The van der Waals surface area contributed by atoms with Crippen molar-refractivity contribution >= 4 is 0 Å². The third-order valence-corrected chi connectivity index (χ3v) is 1.27. The second kappa shape index (κ2) is 5.37. The molecule has 0 saturated heterocycles. The summed E-state index contributed by atoms with van der Waals surface area (Å²) in [5.41, 5.74) is 0. The summed E-state index contributed by atoms with van der Waals surface area (Å²) >= 11 is 0. The molecule has 0 bridgehead atoms. The first-order valence-electron chi connectivity index (χ1n) is 3.35. The summed E-state index contributed by atoms with van der Waals surface area (Å²) in [6.07, 6.45) is 4.74. The molecule has 0 rings (SSSR count). The molecule has 0 saturated carbocycles. The molecule has 0 aliphatic carbocycles. The average molecular weight is 123 g/mol. The van der Waals surface area contributed by atoms with Gasteiger partial charge in [-0.05, 0) is 12.8 Å². The Hall–Kier alpha value is -0.770. The van der Waals surface area contributed by atoms with E-state index in [0.717, 1.165) is 19.3 Å². The van der Waals surface area contributed by atoms with Gasteiger partial charge in [0.2, 0.25) is 0 Å². The van der Waals surface area contributed by atoms with Crippen molar-refractivity contribution in [3.05, 3.63) is 12.7 Å². The third kappa shape index (κ3) is 3.78.